The van der Waals surface area contributed by atoms with Crippen LogP contribution >= 0.6 is 11.8 Å². The zero-order chi connectivity index (χ0) is 15.9. The molecular weight excluding hydrogens is 318 g/mol. The summed E-state index contributed by atoms with van der Waals surface area (Å²) in [5.74, 6) is 0.320. The van der Waals surface area contributed by atoms with Crippen molar-refractivity contribution in [2.24, 2.45) is 7.05 Å². The molecule has 0 fully saturated rings. The monoisotopic (exact) mass is 328 g/mol. The second kappa shape index (κ2) is 5.44. The number of rotatable bonds is 4. The molecule has 22 heavy (non-hydrogen) atoms. The maximum atomic E-state index is 12.9. The molecule has 3 aromatic rings. The highest BCUT2D eigenvalue weighted by Gasteiger charge is 2.21. The molecule has 12 heteroatoms. The van der Waals surface area contributed by atoms with Crippen LogP contribution in [-0.4, -0.2) is 39.8 Å². The summed E-state index contributed by atoms with van der Waals surface area (Å²) in [7, 11) is 1.41. The molecule has 0 aliphatic rings. The zero-order valence-corrected chi connectivity index (χ0v) is 12.3. The molecule has 0 aliphatic heterocycles. The summed E-state index contributed by atoms with van der Waals surface area (Å²) in [6.45, 7) is 1.55. The Morgan fingerprint density at radius 1 is 1.32 bits per heavy atom. The fourth-order valence-electron chi connectivity index (χ4n) is 1.82. The first-order chi connectivity index (χ1) is 10.5. The van der Waals surface area contributed by atoms with Gasteiger partial charge in [-0.25, -0.2) is 13.5 Å². The van der Waals surface area contributed by atoms with Crippen LogP contribution in [0.4, 0.5) is 8.78 Å². The fraction of sp³-hybridized carbons (Fsp3) is 0.400. The van der Waals surface area contributed by atoms with Gasteiger partial charge in [-0.2, -0.15) is 9.61 Å². The molecule has 3 aromatic heterocycles. The number of aromatic amines is 1. The second-order valence-corrected chi connectivity index (χ2v) is 5.33. The Labute approximate surface area is 125 Å². The number of hydrogen-bond donors (Lipinski definition) is 1. The number of halogens is 2. The van der Waals surface area contributed by atoms with Crippen molar-refractivity contribution in [3.05, 3.63) is 27.4 Å². The predicted molar refractivity (Wildman–Crippen MR) is 71.7 cm³/mol. The first-order valence-corrected chi connectivity index (χ1v) is 7.07. The van der Waals surface area contributed by atoms with Crippen LogP contribution in [0.3, 0.4) is 0 Å². The molecule has 0 bridgehead atoms. The van der Waals surface area contributed by atoms with Crippen molar-refractivity contribution >= 4 is 17.5 Å². The molecule has 0 amide bonds. The van der Waals surface area contributed by atoms with Crippen LogP contribution in [0.15, 0.2) is 9.95 Å². The lowest BCUT2D eigenvalue weighted by atomic mass is 10.3. The molecule has 9 nitrogen and oxygen atoms in total. The number of hydrogen-bond acceptors (Lipinski definition) is 7. The quantitative estimate of drug-likeness (QED) is 0.694. The summed E-state index contributed by atoms with van der Waals surface area (Å²) in [5, 5.41) is 19.4. The average Bonchev–Trinajstić information content (AvgIpc) is 3.01. The van der Waals surface area contributed by atoms with Crippen LogP contribution in [0.2, 0.25) is 0 Å². The normalized spacial score (nSPS) is 11.7. The molecule has 0 aliphatic carbocycles. The molecule has 0 aromatic carbocycles. The lowest BCUT2D eigenvalue weighted by Crippen LogP contribution is -2.15. The fourth-order valence-corrected chi connectivity index (χ4v) is 2.64. The van der Waals surface area contributed by atoms with Gasteiger partial charge in [0.2, 0.25) is 5.16 Å². The van der Waals surface area contributed by atoms with Crippen LogP contribution in [0.1, 0.15) is 23.5 Å². The molecule has 0 saturated heterocycles. The predicted octanol–water partition coefficient (Wildman–Crippen LogP) is 0.479. The van der Waals surface area contributed by atoms with E-state index in [0.717, 1.165) is 16.4 Å². The molecule has 0 spiro atoms. The molecular formula is C10H10F2N8OS. The molecule has 1 N–H and O–H groups in total. The van der Waals surface area contributed by atoms with Gasteiger partial charge in [0.15, 0.2) is 0 Å². The molecule has 116 valence electrons. The Bertz CT molecular complexity index is 885. The van der Waals surface area contributed by atoms with Gasteiger partial charge in [0.1, 0.15) is 17.1 Å². The van der Waals surface area contributed by atoms with Gasteiger partial charge in [0.05, 0.1) is 0 Å². The van der Waals surface area contributed by atoms with Crippen LogP contribution in [0.5, 0.6) is 0 Å². The minimum absolute atomic E-state index is 0.133. The summed E-state index contributed by atoms with van der Waals surface area (Å²) in [6.07, 6.45) is -2.66. The van der Waals surface area contributed by atoms with Gasteiger partial charge < -0.3 is 0 Å². The van der Waals surface area contributed by atoms with Gasteiger partial charge in [-0.1, -0.05) is 17.0 Å². The van der Waals surface area contributed by atoms with Gasteiger partial charge in [-0.05, 0) is 6.92 Å². The van der Waals surface area contributed by atoms with E-state index in [1.54, 1.807) is 6.92 Å². The van der Waals surface area contributed by atoms with Crippen molar-refractivity contribution < 1.29 is 8.78 Å². The van der Waals surface area contributed by atoms with Gasteiger partial charge >= 0.3 is 0 Å². The number of thioether (sulfide) groups is 1. The van der Waals surface area contributed by atoms with Crippen molar-refractivity contribution in [1.82, 2.24) is 39.8 Å². The van der Waals surface area contributed by atoms with Crippen LogP contribution < -0.4 is 5.56 Å². The van der Waals surface area contributed by atoms with Gasteiger partial charge in [-0.15, -0.1) is 15.3 Å². The average molecular weight is 328 g/mol. The topological polar surface area (TPSA) is 107 Å². The smallest absolute Gasteiger partial charge is 0.281 e. The molecule has 3 rings (SSSR count). The van der Waals surface area contributed by atoms with Crippen LogP contribution in [0, 0.1) is 6.92 Å². The van der Waals surface area contributed by atoms with Crippen molar-refractivity contribution in [1.29, 1.82) is 0 Å². The number of H-pyrrole nitrogens is 1. The highest BCUT2D eigenvalue weighted by Crippen LogP contribution is 2.26. The summed E-state index contributed by atoms with van der Waals surface area (Å²) in [4.78, 5) is 13.9. The van der Waals surface area contributed by atoms with Gasteiger partial charge in [-0.3, -0.25) is 9.78 Å². The van der Waals surface area contributed by atoms with E-state index in [-0.39, 0.29) is 34.2 Å². The Hall–Kier alpha value is -2.37. The number of nitrogens with zero attached hydrogens (tertiary/aromatic N) is 7. The van der Waals surface area contributed by atoms with Crippen LogP contribution in [-0.2, 0) is 12.8 Å². The minimum atomic E-state index is -2.66. The Morgan fingerprint density at radius 2 is 2.09 bits per heavy atom. The van der Waals surface area contributed by atoms with Crippen molar-refractivity contribution in [2.75, 3.05) is 0 Å². The van der Waals surface area contributed by atoms with E-state index in [2.05, 4.69) is 30.6 Å². The van der Waals surface area contributed by atoms with Crippen molar-refractivity contribution in [2.45, 2.75) is 24.3 Å². The first kappa shape index (κ1) is 14.6. The van der Waals surface area contributed by atoms with E-state index in [4.69, 9.17) is 0 Å². The van der Waals surface area contributed by atoms with E-state index < -0.39 is 6.43 Å². The van der Waals surface area contributed by atoms with E-state index >= 15 is 0 Å². The standard InChI is InChI=1S/C10H10F2N8OS/c1-4-8(21)13-9-15-16-10(20(9)17-4)22-3-5-6(7(11)12)19(2)18-14-5/h7H,3H2,1-2H3,(H,13,15,21). The Balaban J connectivity index is 1.89. The van der Waals surface area contributed by atoms with E-state index in [0.29, 0.717) is 5.16 Å². The van der Waals surface area contributed by atoms with Crippen molar-refractivity contribution in [3.63, 3.8) is 0 Å². The summed E-state index contributed by atoms with van der Waals surface area (Å²) in [5.41, 5.74) is -0.174. The van der Waals surface area contributed by atoms with E-state index in [1.807, 2.05) is 0 Å². The number of aromatic nitrogens is 8. The Morgan fingerprint density at radius 3 is 2.82 bits per heavy atom. The van der Waals surface area contributed by atoms with Gasteiger partial charge in [0.25, 0.3) is 17.8 Å². The highest BCUT2D eigenvalue weighted by atomic mass is 32.2. The maximum absolute atomic E-state index is 12.9. The SMILES string of the molecule is Cc1nn2c(SCc3nnn(C)c3C(F)F)nnc2[nH]c1=O. The lowest BCUT2D eigenvalue weighted by Gasteiger charge is -2.02. The largest absolute Gasteiger partial charge is 0.288 e. The third-order valence-corrected chi connectivity index (χ3v) is 3.84. The van der Waals surface area contributed by atoms with E-state index in [1.165, 1.54) is 11.6 Å². The summed E-state index contributed by atoms with van der Waals surface area (Å²) in [6, 6.07) is 0. The molecule has 0 unspecified atom stereocenters. The highest BCUT2D eigenvalue weighted by molar-refractivity contribution is 7.98. The third-order valence-electron chi connectivity index (χ3n) is 2.90. The lowest BCUT2D eigenvalue weighted by molar-refractivity contribution is 0.140. The Kier molecular flexibility index (Phi) is 3.60. The van der Waals surface area contributed by atoms with Gasteiger partial charge in [0, 0.05) is 12.8 Å². The molecule has 3 heterocycles. The number of fused-ring (bicyclic) bond motifs is 1. The first-order valence-electron chi connectivity index (χ1n) is 6.09. The molecule has 0 atom stereocenters. The maximum Gasteiger partial charge on any atom is 0.281 e. The summed E-state index contributed by atoms with van der Waals surface area (Å²) < 4.78 is 28.3. The zero-order valence-electron chi connectivity index (χ0n) is 11.5. The number of nitrogens with one attached hydrogen (secondary N) is 1. The number of aryl methyl sites for hydroxylation is 2. The second-order valence-electron chi connectivity index (χ2n) is 4.39. The molecule has 0 saturated carbocycles. The minimum Gasteiger partial charge on any atom is -0.288 e. The van der Waals surface area contributed by atoms with E-state index in [9.17, 15) is 13.6 Å². The van der Waals surface area contributed by atoms with Crippen LogP contribution in [0.25, 0.3) is 5.78 Å². The van der Waals surface area contributed by atoms with Crippen molar-refractivity contribution in [3.8, 4) is 0 Å². The summed E-state index contributed by atoms with van der Waals surface area (Å²) >= 11 is 1.12. The molecule has 0 radical (unpaired) electrons. The third kappa shape index (κ3) is 2.45. The number of alkyl halides is 2.